The quantitative estimate of drug-likeness (QED) is 0.773. The first-order valence-electron chi connectivity index (χ1n) is 6.08. The maximum atomic E-state index is 11.9. The van der Waals surface area contributed by atoms with Crippen molar-refractivity contribution in [2.45, 2.75) is 59.0 Å². The number of rotatable bonds is 2. The van der Waals surface area contributed by atoms with Crippen molar-refractivity contribution in [1.82, 2.24) is 10.6 Å². The van der Waals surface area contributed by atoms with Crippen LogP contribution in [0.3, 0.4) is 0 Å². The topological polar surface area (TPSA) is 41.1 Å². The lowest BCUT2D eigenvalue weighted by atomic mass is 10.1. The molecule has 0 aromatic carbocycles. The Bertz CT molecular complexity index is 365. The Hall–Kier alpha value is -1.25. The molecule has 0 saturated carbocycles. The van der Waals surface area contributed by atoms with Crippen LogP contribution in [0.2, 0.25) is 0 Å². The van der Waals surface area contributed by atoms with E-state index in [1.165, 1.54) is 0 Å². The van der Waals surface area contributed by atoms with Gasteiger partial charge >= 0.3 is 0 Å². The van der Waals surface area contributed by atoms with Gasteiger partial charge in [-0.25, -0.2) is 0 Å². The molecule has 0 bridgehead atoms. The van der Waals surface area contributed by atoms with Gasteiger partial charge in [-0.1, -0.05) is 6.08 Å². The van der Waals surface area contributed by atoms with Crippen molar-refractivity contribution < 1.29 is 4.79 Å². The van der Waals surface area contributed by atoms with E-state index in [1.54, 1.807) is 0 Å². The Morgan fingerprint density at radius 3 is 2.18 bits per heavy atom. The molecule has 1 aliphatic rings. The first-order valence-corrected chi connectivity index (χ1v) is 6.08. The third-order valence-electron chi connectivity index (χ3n) is 2.17. The fourth-order valence-corrected chi connectivity index (χ4v) is 1.62. The molecule has 96 valence electrons. The first kappa shape index (κ1) is 13.8. The summed E-state index contributed by atoms with van der Waals surface area (Å²) >= 11 is 0. The van der Waals surface area contributed by atoms with E-state index in [0.29, 0.717) is 6.42 Å². The van der Waals surface area contributed by atoms with Crippen LogP contribution in [0.15, 0.2) is 23.4 Å². The summed E-state index contributed by atoms with van der Waals surface area (Å²) in [6.07, 6.45) is 4.70. The van der Waals surface area contributed by atoms with Gasteiger partial charge in [-0.3, -0.25) is 4.79 Å². The lowest BCUT2D eigenvalue weighted by molar-refractivity contribution is -0.118. The number of nitrogens with one attached hydrogen (secondary N) is 2. The predicted octanol–water partition coefficient (Wildman–Crippen LogP) is 2.50. The number of hydrogen-bond donors (Lipinski definition) is 2. The molecular formula is C14H24N2O. The molecule has 3 nitrogen and oxygen atoms in total. The SMILES string of the molecule is CC(C)(C)NC(=O)C1=CC(NC(C)(C)C)=CC1. The van der Waals surface area contributed by atoms with E-state index in [0.717, 1.165) is 11.3 Å². The molecule has 0 radical (unpaired) electrons. The van der Waals surface area contributed by atoms with Gasteiger partial charge in [0, 0.05) is 22.3 Å². The van der Waals surface area contributed by atoms with Crippen LogP contribution >= 0.6 is 0 Å². The standard InChI is InChI=1S/C14H24N2O/c1-13(2,3)15-11-8-7-10(9-11)12(17)16-14(4,5)6/h8-9,15H,7H2,1-6H3,(H,16,17). The average molecular weight is 236 g/mol. The second-order valence-corrected chi connectivity index (χ2v) is 6.61. The van der Waals surface area contributed by atoms with Gasteiger partial charge in [-0.2, -0.15) is 0 Å². The first-order chi connectivity index (χ1) is 7.57. The van der Waals surface area contributed by atoms with E-state index < -0.39 is 0 Å². The molecule has 0 spiro atoms. The van der Waals surface area contributed by atoms with E-state index in [2.05, 4.69) is 37.5 Å². The summed E-state index contributed by atoms with van der Waals surface area (Å²) in [4.78, 5) is 11.9. The zero-order valence-corrected chi connectivity index (χ0v) is 11.8. The molecule has 0 aromatic heterocycles. The third kappa shape index (κ3) is 5.07. The van der Waals surface area contributed by atoms with Gasteiger partial charge in [0.1, 0.15) is 0 Å². The molecule has 0 saturated heterocycles. The van der Waals surface area contributed by atoms with Crippen molar-refractivity contribution in [2.24, 2.45) is 0 Å². The van der Waals surface area contributed by atoms with Gasteiger partial charge in [0.25, 0.3) is 0 Å². The second-order valence-electron chi connectivity index (χ2n) is 6.61. The van der Waals surface area contributed by atoms with Crippen LogP contribution < -0.4 is 10.6 Å². The summed E-state index contributed by atoms with van der Waals surface area (Å²) in [5, 5.41) is 6.35. The monoisotopic (exact) mass is 236 g/mol. The van der Waals surface area contributed by atoms with E-state index in [4.69, 9.17) is 0 Å². The van der Waals surface area contributed by atoms with Gasteiger partial charge in [0.2, 0.25) is 5.91 Å². The van der Waals surface area contributed by atoms with Gasteiger partial charge in [0.05, 0.1) is 0 Å². The summed E-state index contributed by atoms with van der Waals surface area (Å²) in [5.41, 5.74) is 1.71. The minimum atomic E-state index is -0.182. The van der Waals surface area contributed by atoms with Crippen LogP contribution in [0, 0.1) is 0 Å². The second kappa shape index (κ2) is 4.55. The Labute approximate surface area is 104 Å². The minimum Gasteiger partial charge on any atom is -0.381 e. The van der Waals surface area contributed by atoms with Crippen molar-refractivity contribution in [1.29, 1.82) is 0 Å². The molecule has 1 rings (SSSR count). The highest BCUT2D eigenvalue weighted by Gasteiger charge is 2.20. The molecule has 2 N–H and O–H groups in total. The van der Waals surface area contributed by atoms with Crippen molar-refractivity contribution in [3.63, 3.8) is 0 Å². The molecule has 0 fully saturated rings. The van der Waals surface area contributed by atoms with Crippen molar-refractivity contribution in [3.8, 4) is 0 Å². The highest BCUT2D eigenvalue weighted by Crippen LogP contribution is 2.18. The summed E-state index contributed by atoms with van der Waals surface area (Å²) < 4.78 is 0. The van der Waals surface area contributed by atoms with E-state index >= 15 is 0 Å². The molecule has 0 atom stereocenters. The third-order valence-corrected chi connectivity index (χ3v) is 2.17. The van der Waals surface area contributed by atoms with Crippen molar-refractivity contribution in [2.75, 3.05) is 0 Å². The Balaban J connectivity index is 2.61. The minimum absolute atomic E-state index is 0.0261. The van der Waals surface area contributed by atoms with Crippen LogP contribution in [0.4, 0.5) is 0 Å². The van der Waals surface area contributed by atoms with Crippen LogP contribution in [0.25, 0.3) is 0 Å². The average Bonchev–Trinajstić information content (AvgIpc) is 2.45. The molecule has 0 unspecified atom stereocenters. The van der Waals surface area contributed by atoms with E-state index in [1.807, 2.05) is 26.8 Å². The lowest BCUT2D eigenvalue weighted by Gasteiger charge is -2.22. The highest BCUT2D eigenvalue weighted by molar-refractivity contribution is 5.95. The Morgan fingerprint density at radius 1 is 1.12 bits per heavy atom. The van der Waals surface area contributed by atoms with Gasteiger partial charge < -0.3 is 10.6 Å². The van der Waals surface area contributed by atoms with Crippen LogP contribution in [0.1, 0.15) is 48.0 Å². The number of allylic oxidation sites excluding steroid dienone is 2. The summed E-state index contributed by atoms with van der Waals surface area (Å²) in [6, 6.07) is 0. The molecule has 0 heterocycles. The summed E-state index contributed by atoms with van der Waals surface area (Å²) in [5.74, 6) is 0.0273. The molecule has 1 amide bonds. The van der Waals surface area contributed by atoms with E-state index in [-0.39, 0.29) is 17.0 Å². The molecule has 0 aliphatic heterocycles. The summed E-state index contributed by atoms with van der Waals surface area (Å²) in [6.45, 7) is 12.3. The summed E-state index contributed by atoms with van der Waals surface area (Å²) in [7, 11) is 0. The molecular weight excluding hydrogens is 212 g/mol. The fraction of sp³-hybridized carbons (Fsp3) is 0.643. The molecule has 0 aromatic rings. The van der Waals surface area contributed by atoms with Gasteiger partial charge in [0.15, 0.2) is 0 Å². The number of carbonyl (C=O) groups is 1. The predicted molar refractivity (Wildman–Crippen MR) is 71.6 cm³/mol. The zero-order valence-electron chi connectivity index (χ0n) is 11.8. The number of hydrogen-bond acceptors (Lipinski definition) is 2. The highest BCUT2D eigenvalue weighted by atomic mass is 16.1. The van der Waals surface area contributed by atoms with Crippen molar-refractivity contribution in [3.05, 3.63) is 23.4 Å². The van der Waals surface area contributed by atoms with E-state index in [9.17, 15) is 4.79 Å². The zero-order chi connectivity index (χ0) is 13.3. The molecule has 3 heteroatoms. The Kier molecular flexibility index (Phi) is 3.70. The van der Waals surface area contributed by atoms with Gasteiger partial charge in [-0.15, -0.1) is 0 Å². The maximum Gasteiger partial charge on any atom is 0.247 e. The van der Waals surface area contributed by atoms with Gasteiger partial charge in [-0.05, 0) is 54.0 Å². The largest absolute Gasteiger partial charge is 0.381 e. The smallest absolute Gasteiger partial charge is 0.247 e. The number of carbonyl (C=O) groups excluding carboxylic acids is 1. The number of amides is 1. The maximum absolute atomic E-state index is 11.9. The molecule has 17 heavy (non-hydrogen) atoms. The Morgan fingerprint density at radius 2 is 1.71 bits per heavy atom. The normalized spacial score (nSPS) is 16.4. The van der Waals surface area contributed by atoms with Crippen LogP contribution in [0.5, 0.6) is 0 Å². The van der Waals surface area contributed by atoms with Crippen molar-refractivity contribution >= 4 is 5.91 Å². The lowest BCUT2D eigenvalue weighted by Crippen LogP contribution is -2.41. The van der Waals surface area contributed by atoms with Crippen LogP contribution in [-0.2, 0) is 4.79 Å². The van der Waals surface area contributed by atoms with Crippen LogP contribution in [-0.4, -0.2) is 17.0 Å². The molecule has 1 aliphatic carbocycles. The fourth-order valence-electron chi connectivity index (χ4n) is 1.62.